The molecule has 0 radical (unpaired) electrons. The fourth-order valence-electron chi connectivity index (χ4n) is 4.51. The van der Waals surface area contributed by atoms with E-state index in [1.165, 1.54) is 40.5 Å². The van der Waals surface area contributed by atoms with Crippen molar-refractivity contribution in [3.63, 3.8) is 0 Å². The third-order valence-corrected chi connectivity index (χ3v) is 8.67. The number of carbonyl (C=O) groups is 2. The predicted molar refractivity (Wildman–Crippen MR) is 164 cm³/mol. The fourth-order valence-corrected chi connectivity index (χ4v) is 5.22. The minimum atomic E-state index is -4.11. The summed E-state index contributed by atoms with van der Waals surface area (Å²) >= 11 is 0. The van der Waals surface area contributed by atoms with Crippen LogP contribution in [0, 0.1) is 0 Å². The lowest BCUT2D eigenvalue weighted by Crippen LogP contribution is -2.41. The van der Waals surface area contributed by atoms with Gasteiger partial charge in [0.2, 0.25) is 13.2 Å². The number of ether oxygens (including phenoxy) is 5. The molecule has 15 heteroatoms. The first kappa shape index (κ1) is 33.1. The van der Waals surface area contributed by atoms with Gasteiger partial charge in [-0.15, -0.1) is 0 Å². The second-order valence-electron chi connectivity index (χ2n) is 10.1. The van der Waals surface area contributed by atoms with Crippen LogP contribution in [0.3, 0.4) is 0 Å². The summed E-state index contributed by atoms with van der Waals surface area (Å²) in [7, 11) is 1.42. The number of unbranched alkanes of at least 4 members (excludes halogenated alkanes) is 1. The molecule has 242 valence electrons. The first-order valence-corrected chi connectivity index (χ1v) is 15.4. The van der Waals surface area contributed by atoms with E-state index in [0.717, 1.165) is 17.1 Å². The topological polar surface area (TPSA) is 170 Å². The van der Waals surface area contributed by atoms with Crippen molar-refractivity contribution in [1.29, 1.82) is 0 Å². The quantitative estimate of drug-likeness (QED) is 0.133. The molecule has 2 aromatic carbocycles. The molecule has 1 aliphatic rings. The number of hydrogen-bond donors (Lipinski definition) is 2. The van der Waals surface area contributed by atoms with E-state index < -0.39 is 22.9 Å². The Hall–Kier alpha value is -4.76. The van der Waals surface area contributed by atoms with Crippen molar-refractivity contribution in [3.05, 3.63) is 53.0 Å². The number of aryl methyl sites for hydroxylation is 1. The second kappa shape index (κ2) is 14.3. The van der Waals surface area contributed by atoms with Crippen LogP contribution in [0.25, 0.3) is 17.3 Å². The van der Waals surface area contributed by atoms with Gasteiger partial charge in [0, 0.05) is 55.8 Å². The maximum atomic E-state index is 12.6. The normalized spacial score (nSPS) is 12.7. The van der Waals surface area contributed by atoms with Crippen molar-refractivity contribution in [2.24, 2.45) is 0 Å². The highest BCUT2D eigenvalue weighted by Gasteiger charge is 2.25. The van der Waals surface area contributed by atoms with Crippen LogP contribution in [-0.2, 0) is 32.6 Å². The Kier molecular flexibility index (Phi) is 10.6. The average Bonchev–Trinajstić information content (AvgIpc) is 3.65. The summed E-state index contributed by atoms with van der Waals surface area (Å²) in [6.45, 7) is 1.47. The lowest BCUT2D eigenvalue weighted by atomic mass is 10.0. The molecule has 0 fully saturated rings. The highest BCUT2D eigenvalue weighted by molar-refractivity contribution is 7.87. The highest BCUT2D eigenvalue weighted by Crippen LogP contribution is 2.40. The summed E-state index contributed by atoms with van der Waals surface area (Å²) in [6.07, 6.45) is 3.97. The minimum absolute atomic E-state index is 0.0133. The first-order chi connectivity index (χ1) is 21.5. The van der Waals surface area contributed by atoms with Gasteiger partial charge in [-0.3, -0.25) is 4.79 Å². The Bertz CT molecular complexity index is 1680. The Morgan fingerprint density at radius 3 is 2.47 bits per heavy atom. The zero-order valence-electron chi connectivity index (χ0n) is 25.7. The van der Waals surface area contributed by atoms with Gasteiger partial charge in [0.1, 0.15) is 23.1 Å². The van der Waals surface area contributed by atoms with Gasteiger partial charge in [-0.05, 0) is 30.7 Å². The fraction of sp³-hybridized carbons (Fsp3) is 0.367. The SMILES string of the molecule is CCCCc1nc(-c2ccc(OC)cc2OCN(C=O)S(=O)(=O)N(C)C)c(/C=C(\Cc2cc3c(cc2OC)OCO3)C(=O)O)[nH]1. The summed E-state index contributed by atoms with van der Waals surface area (Å²) < 4.78 is 54.2. The number of carbonyl (C=O) groups excluding carboxylic acids is 1. The van der Waals surface area contributed by atoms with Crippen LogP contribution < -0.4 is 23.7 Å². The molecule has 2 N–H and O–H groups in total. The van der Waals surface area contributed by atoms with Crippen molar-refractivity contribution in [2.75, 3.05) is 41.8 Å². The van der Waals surface area contributed by atoms with Crippen LogP contribution in [0.4, 0.5) is 0 Å². The summed E-state index contributed by atoms with van der Waals surface area (Å²) in [6, 6.07) is 8.21. The number of aliphatic carboxylic acids is 1. The molecular weight excluding hydrogens is 608 g/mol. The van der Waals surface area contributed by atoms with Gasteiger partial charge in [0.25, 0.3) is 0 Å². The van der Waals surface area contributed by atoms with Crippen molar-refractivity contribution in [3.8, 4) is 40.0 Å². The van der Waals surface area contributed by atoms with Crippen molar-refractivity contribution in [1.82, 2.24) is 18.6 Å². The van der Waals surface area contributed by atoms with Crippen LogP contribution >= 0.6 is 0 Å². The number of carboxylic acid groups (broad SMARTS) is 1. The summed E-state index contributed by atoms with van der Waals surface area (Å²) in [5.41, 5.74) is 1.77. The lowest BCUT2D eigenvalue weighted by Gasteiger charge is -2.22. The van der Waals surface area contributed by atoms with E-state index in [0.29, 0.717) is 62.1 Å². The molecule has 0 atom stereocenters. The van der Waals surface area contributed by atoms with Crippen molar-refractivity contribution >= 4 is 28.7 Å². The van der Waals surface area contributed by atoms with Crippen LogP contribution in [0.2, 0.25) is 0 Å². The molecule has 1 aliphatic heterocycles. The van der Waals surface area contributed by atoms with E-state index in [1.807, 2.05) is 6.92 Å². The largest absolute Gasteiger partial charge is 0.497 e. The smallest absolute Gasteiger partial charge is 0.331 e. The molecule has 14 nitrogen and oxygen atoms in total. The van der Waals surface area contributed by atoms with Gasteiger partial charge in [0.05, 0.1) is 25.6 Å². The number of H-pyrrole nitrogens is 1. The van der Waals surface area contributed by atoms with E-state index in [-0.39, 0.29) is 30.9 Å². The standard InChI is InChI=1S/C30H36N4O10S/c1-6-7-8-28-31-23(12-20(30(36)37)11-19-13-26-27(44-18-43-26)15-24(19)41-5)29(32-28)22-10-9-21(40-4)14-25(22)42-17-34(16-35)45(38,39)33(2)3/h9-10,12-16H,6-8,11,17-18H2,1-5H3,(H,31,32)(H,36,37)/b20-12+. The number of hydrogen-bond acceptors (Lipinski definition) is 10. The van der Waals surface area contributed by atoms with Crippen LogP contribution in [0.5, 0.6) is 28.7 Å². The van der Waals surface area contributed by atoms with Gasteiger partial charge < -0.3 is 33.8 Å². The Balaban J connectivity index is 1.79. The zero-order valence-corrected chi connectivity index (χ0v) is 26.5. The Morgan fingerprint density at radius 1 is 1.11 bits per heavy atom. The molecule has 0 saturated heterocycles. The average molecular weight is 645 g/mol. The van der Waals surface area contributed by atoms with E-state index in [2.05, 4.69) is 4.98 Å². The number of nitrogens with one attached hydrogen (secondary N) is 1. The van der Waals surface area contributed by atoms with E-state index in [1.54, 1.807) is 24.3 Å². The van der Waals surface area contributed by atoms with E-state index in [4.69, 9.17) is 28.7 Å². The van der Waals surface area contributed by atoms with Gasteiger partial charge in [-0.2, -0.15) is 17.0 Å². The van der Waals surface area contributed by atoms with E-state index in [9.17, 15) is 23.1 Å². The number of rotatable bonds is 16. The number of fused-ring (bicyclic) bond motifs is 1. The first-order valence-electron chi connectivity index (χ1n) is 14.0. The van der Waals surface area contributed by atoms with Crippen molar-refractivity contribution < 1.29 is 46.8 Å². The van der Waals surface area contributed by atoms with Gasteiger partial charge in [0.15, 0.2) is 18.2 Å². The molecule has 3 aromatic rings. The number of methoxy groups -OCH3 is 2. The zero-order chi connectivity index (χ0) is 32.7. The highest BCUT2D eigenvalue weighted by atomic mass is 32.2. The minimum Gasteiger partial charge on any atom is -0.497 e. The monoisotopic (exact) mass is 644 g/mol. The summed E-state index contributed by atoms with van der Waals surface area (Å²) in [5.74, 6) is 1.46. The Labute approximate surface area is 261 Å². The molecule has 0 bridgehead atoms. The third-order valence-electron chi connectivity index (χ3n) is 6.96. The Morgan fingerprint density at radius 2 is 1.84 bits per heavy atom. The molecular formula is C30H36N4O10S. The molecule has 1 aromatic heterocycles. The molecule has 45 heavy (non-hydrogen) atoms. The molecule has 0 saturated carbocycles. The molecule has 1 amide bonds. The lowest BCUT2D eigenvalue weighted by molar-refractivity contribution is -0.132. The maximum Gasteiger partial charge on any atom is 0.331 e. The molecule has 2 heterocycles. The van der Waals surface area contributed by atoms with Gasteiger partial charge in [-0.25, -0.2) is 9.78 Å². The van der Waals surface area contributed by atoms with Crippen LogP contribution in [0.15, 0.2) is 35.9 Å². The van der Waals surface area contributed by atoms with Gasteiger partial charge in [-0.1, -0.05) is 13.3 Å². The van der Waals surface area contributed by atoms with Crippen LogP contribution in [0.1, 0.15) is 36.8 Å². The maximum absolute atomic E-state index is 12.6. The number of imidazole rings is 1. The summed E-state index contributed by atoms with van der Waals surface area (Å²) in [5, 5.41) is 10.2. The van der Waals surface area contributed by atoms with E-state index >= 15 is 0 Å². The van der Waals surface area contributed by atoms with Crippen molar-refractivity contribution in [2.45, 2.75) is 32.6 Å². The molecule has 4 rings (SSSR count). The molecule has 0 aliphatic carbocycles. The predicted octanol–water partition coefficient (Wildman–Crippen LogP) is 3.48. The molecule has 0 spiro atoms. The number of aromatic amines is 1. The number of amides is 1. The second-order valence-corrected chi connectivity index (χ2v) is 12.2. The van der Waals surface area contributed by atoms with Crippen LogP contribution in [-0.4, -0.2) is 86.3 Å². The third kappa shape index (κ3) is 7.49. The van der Waals surface area contributed by atoms with Gasteiger partial charge >= 0.3 is 16.2 Å². The number of nitrogens with zero attached hydrogens (tertiary/aromatic N) is 3. The molecule has 0 unspecified atom stereocenters. The summed E-state index contributed by atoms with van der Waals surface area (Å²) in [4.78, 5) is 32.2. The number of aromatic nitrogens is 2. The number of benzene rings is 2. The number of carboxylic acids is 1.